The molecule has 1 aromatic carbocycles. The van der Waals surface area contributed by atoms with E-state index in [2.05, 4.69) is 9.46 Å². The van der Waals surface area contributed by atoms with E-state index in [-0.39, 0.29) is 22.3 Å². The van der Waals surface area contributed by atoms with Crippen LogP contribution in [0.4, 0.5) is 14.5 Å². The molecule has 0 aliphatic rings. The fourth-order valence-corrected chi connectivity index (χ4v) is 3.75. The second kappa shape index (κ2) is 6.37. The van der Waals surface area contributed by atoms with Gasteiger partial charge < -0.3 is 9.84 Å². The Kier molecular flexibility index (Phi) is 4.76. The average Bonchev–Trinajstić information content (AvgIpc) is 2.90. The minimum absolute atomic E-state index is 0.0551. The van der Waals surface area contributed by atoms with Gasteiger partial charge in [0.1, 0.15) is 9.96 Å². The highest BCUT2D eigenvalue weighted by atomic mass is 32.2. The Morgan fingerprint density at radius 2 is 1.95 bits per heavy atom. The summed E-state index contributed by atoms with van der Waals surface area (Å²) in [6.07, 6.45) is 0. The van der Waals surface area contributed by atoms with Gasteiger partial charge in [-0.2, -0.15) is 8.78 Å². The molecule has 9 heteroatoms. The van der Waals surface area contributed by atoms with Crippen LogP contribution in [0.15, 0.2) is 39.9 Å². The van der Waals surface area contributed by atoms with Crippen molar-refractivity contribution in [1.29, 1.82) is 0 Å². The first-order valence-corrected chi connectivity index (χ1v) is 8.03. The number of benzene rings is 1. The zero-order valence-electron chi connectivity index (χ0n) is 10.5. The molecule has 0 atom stereocenters. The Balaban J connectivity index is 2.13. The summed E-state index contributed by atoms with van der Waals surface area (Å²) in [6.45, 7) is -3.18. The lowest BCUT2D eigenvalue weighted by atomic mass is 10.3. The first-order valence-electron chi connectivity index (χ1n) is 5.66. The summed E-state index contributed by atoms with van der Waals surface area (Å²) < 4.78 is 54.6. The number of rotatable bonds is 6. The lowest BCUT2D eigenvalue weighted by Gasteiger charge is -2.08. The number of aliphatic hydroxyl groups excluding tert-OH is 1. The molecule has 0 unspecified atom stereocenters. The van der Waals surface area contributed by atoms with Gasteiger partial charge in [0.05, 0.1) is 6.61 Å². The third-order valence-electron chi connectivity index (χ3n) is 2.41. The van der Waals surface area contributed by atoms with Gasteiger partial charge in [-0.15, -0.1) is 11.3 Å². The van der Waals surface area contributed by atoms with Crippen LogP contribution in [0.1, 0.15) is 5.56 Å². The number of nitrogens with one attached hydrogen (secondary N) is 1. The van der Waals surface area contributed by atoms with Crippen LogP contribution in [0.25, 0.3) is 0 Å². The van der Waals surface area contributed by atoms with Gasteiger partial charge in [0.15, 0.2) is 0 Å². The second-order valence-electron chi connectivity index (χ2n) is 3.94. The standard InChI is InChI=1S/C12H11F2NO4S2/c13-12(14)19-10-3-1-9(2-4-10)15-21(17,18)11-5-8(6-16)7-20-11/h1-5,7,12,15-16H,6H2. The summed E-state index contributed by atoms with van der Waals surface area (Å²) in [7, 11) is -3.77. The normalized spacial score (nSPS) is 11.6. The summed E-state index contributed by atoms with van der Waals surface area (Å²) in [5, 5.41) is 10.5. The molecule has 1 aromatic heterocycles. The number of ether oxygens (including phenoxy) is 1. The molecule has 0 fully saturated rings. The van der Waals surface area contributed by atoms with E-state index in [9.17, 15) is 17.2 Å². The van der Waals surface area contributed by atoms with E-state index >= 15 is 0 Å². The fraction of sp³-hybridized carbons (Fsp3) is 0.167. The van der Waals surface area contributed by atoms with Crippen molar-refractivity contribution >= 4 is 27.0 Å². The van der Waals surface area contributed by atoms with Gasteiger partial charge >= 0.3 is 6.61 Å². The first kappa shape index (κ1) is 15.7. The van der Waals surface area contributed by atoms with E-state index in [1.165, 1.54) is 35.7 Å². The van der Waals surface area contributed by atoms with Crippen LogP contribution in [0.2, 0.25) is 0 Å². The van der Waals surface area contributed by atoms with Gasteiger partial charge in [0, 0.05) is 5.69 Å². The van der Waals surface area contributed by atoms with Gasteiger partial charge in [-0.05, 0) is 41.3 Å². The van der Waals surface area contributed by atoms with Crippen molar-refractivity contribution < 1.29 is 27.0 Å². The van der Waals surface area contributed by atoms with E-state index in [1.807, 2.05) is 0 Å². The summed E-state index contributed by atoms with van der Waals surface area (Å²) >= 11 is 0.978. The van der Waals surface area contributed by atoms with E-state index in [1.54, 1.807) is 0 Å². The van der Waals surface area contributed by atoms with E-state index in [0.29, 0.717) is 5.56 Å². The Labute approximate surface area is 123 Å². The first-order chi connectivity index (χ1) is 9.90. The van der Waals surface area contributed by atoms with Crippen molar-refractivity contribution in [2.75, 3.05) is 4.72 Å². The molecule has 2 aromatic rings. The molecule has 0 saturated heterocycles. The molecule has 2 N–H and O–H groups in total. The maximum absolute atomic E-state index is 12.1. The molecular formula is C12H11F2NO4S2. The third kappa shape index (κ3) is 4.13. The molecule has 0 aliphatic heterocycles. The Hall–Kier alpha value is -1.71. The predicted molar refractivity (Wildman–Crippen MR) is 74.1 cm³/mol. The molecule has 0 bridgehead atoms. The van der Waals surface area contributed by atoms with Gasteiger partial charge in [-0.25, -0.2) is 8.42 Å². The van der Waals surface area contributed by atoms with E-state index in [0.717, 1.165) is 11.3 Å². The molecule has 0 radical (unpaired) electrons. The summed E-state index contributed by atoms with van der Waals surface area (Å²) in [5.41, 5.74) is 0.719. The van der Waals surface area contributed by atoms with E-state index < -0.39 is 16.6 Å². The van der Waals surface area contributed by atoms with Gasteiger partial charge in [0.25, 0.3) is 10.0 Å². The molecule has 1 heterocycles. The molecular weight excluding hydrogens is 324 g/mol. The zero-order chi connectivity index (χ0) is 15.5. The quantitative estimate of drug-likeness (QED) is 0.851. The summed E-state index contributed by atoms with van der Waals surface area (Å²) in [5.74, 6) is -0.0633. The van der Waals surface area contributed by atoms with Crippen molar-refractivity contribution in [2.24, 2.45) is 0 Å². The van der Waals surface area contributed by atoms with Gasteiger partial charge in [-0.3, -0.25) is 4.72 Å². The number of alkyl halides is 2. The predicted octanol–water partition coefficient (Wildman–Crippen LogP) is 2.64. The highest BCUT2D eigenvalue weighted by molar-refractivity contribution is 7.94. The monoisotopic (exact) mass is 335 g/mol. The van der Waals surface area contributed by atoms with Crippen LogP contribution in [0.5, 0.6) is 5.75 Å². The van der Waals surface area contributed by atoms with Crippen molar-refractivity contribution in [3.8, 4) is 5.75 Å². The van der Waals surface area contributed by atoms with Crippen molar-refractivity contribution in [3.63, 3.8) is 0 Å². The highest BCUT2D eigenvalue weighted by Crippen LogP contribution is 2.24. The summed E-state index contributed by atoms with van der Waals surface area (Å²) in [4.78, 5) is 0. The molecule has 2 rings (SSSR count). The van der Waals surface area contributed by atoms with E-state index in [4.69, 9.17) is 5.11 Å². The minimum atomic E-state index is -3.77. The second-order valence-corrected chi connectivity index (χ2v) is 6.76. The highest BCUT2D eigenvalue weighted by Gasteiger charge is 2.17. The number of sulfonamides is 1. The third-order valence-corrected chi connectivity index (χ3v) is 5.28. The molecule has 0 saturated carbocycles. The molecule has 0 aliphatic carbocycles. The average molecular weight is 335 g/mol. The number of aliphatic hydroxyl groups is 1. The maximum atomic E-state index is 12.1. The van der Waals surface area contributed by atoms with Crippen LogP contribution < -0.4 is 9.46 Å². The topological polar surface area (TPSA) is 75.6 Å². The molecule has 5 nitrogen and oxygen atoms in total. The molecule has 0 spiro atoms. The number of thiophene rings is 1. The number of hydrogen-bond acceptors (Lipinski definition) is 5. The van der Waals surface area contributed by atoms with Crippen LogP contribution in [0, 0.1) is 0 Å². The molecule has 114 valence electrons. The van der Waals surface area contributed by atoms with Crippen LogP contribution in [-0.4, -0.2) is 20.1 Å². The summed E-state index contributed by atoms with van der Waals surface area (Å²) in [6, 6.07) is 6.46. The number of anilines is 1. The Bertz CT molecular complexity index is 698. The Morgan fingerprint density at radius 1 is 1.29 bits per heavy atom. The van der Waals surface area contributed by atoms with Crippen LogP contribution >= 0.6 is 11.3 Å². The molecule has 21 heavy (non-hydrogen) atoms. The smallest absolute Gasteiger partial charge is 0.387 e. The van der Waals surface area contributed by atoms with Crippen molar-refractivity contribution in [1.82, 2.24) is 0 Å². The lowest BCUT2D eigenvalue weighted by molar-refractivity contribution is -0.0498. The van der Waals surface area contributed by atoms with Crippen molar-refractivity contribution in [2.45, 2.75) is 17.4 Å². The van der Waals surface area contributed by atoms with Gasteiger partial charge in [0.2, 0.25) is 0 Å². The zero-order valence-corrected chi connectivity index (χ0v) is 12.1. The maximum Gasteiger partial charge on any atom is 0.387 e. The lowest BCUT2D eigenvalue weighted by Crippen LogP contribution is -2.11. The molecule has 0 amide bonds. The van der Waals surface area contributed by atoms with Crippen LogP contribution in [0.3, 0.4) is 0 Å². The van der Waals surface area contributed by atoms with Gasteiger partial charge in [-0.1, -0.05) is 0 Å². The Morgan fingerprint density at radius 3 is 2.48 bits per heavy atom. The number of halogens is 2. The van der Waals surface area contributed by atoms with Crippen LogP contribution in [-0.2, 0) is 16.6 Å². The minimum Gasteiger partial charge on any atom is -0.435 e. The number of hydrogen-bond donors (Lipinski definition) is 2. The SMILES string of the molecule is O=S(=O)(Nc1ccc(OC(F)F)cc1)c1cc(CO)cs1. The van der Waals surface area contributed by atoms with Crippen molar-refractivity contribution in [3.05, 3.63) is 41.3 Å². The fourth-order valence-electron chi connectivity index (χ4n) is 1.49. The largest absolute Gasteiger partial charge is 0.435 e.